The van der Waals surface area contributed by atoms with Gasteiger partial charge in [-0.3, -0.25) is 0 Å². The Hall–Kier alpha value is -3.39. The number of rotatable bonds is 32. The van der Waals surface area contributed by atoms with Crippen LogP contribution in [0.15, 0.2) is 128 Å². The Bertz CT molecular complexity index is 1530. The molecule has 2 nitrogen and oxygen atoms in total. The Kier molecular flexibility index (Phi) is 34.4. The van der Waals surface area contributed by atoms with Crippen molar-refractivity contribution >= 4 is 5.97 Å². The van der Waals surface area contributed by atoms with Gasteiger partial charge in [0.25, 0.3) is 0 Å². The van der Waals surface area contributed by atoms with Gasteiger partial charge in [0.05, 0.1) is 6.61 Å². The first-order chi connectivity index (χ1) is 28.1. The van der Waals surface area contributed by atoms with Crippen molar-refractivity contribution in [2.45, 2.75) is 218 Å². The zero-order chi connectivity index (χ0) is 44.3. The first-order valence-electron chi connectivity index (χ1n) is 23.5. The number of ether oxygens (including phenoxy) is 1. The molecule has 0 bridgehead atoms. The van der Waals surface area contributed by atoms with Crippen LogP contribution in [0, 0.1) is 0 Å². The first kappa shape index (κ1) is 55.6. The third-order valence-corrected chi connectivity index (χ3v) is 11.0. The van der Waals surface area contributed by atoms with Gasteiger partial charge in [-0.1, -0.05) is 122 Å². The first-order valence-corrected chi connectivity index (χ1v) is 23.5. The third-order valence-electron chi connectivity index (χ3n) is 11.0. The van der Waals surface area contributed by atoms with E-state index in [9.17, 15) is 4.79 Å². The molecule has 0 amide bonds. The van der Waals surface area contributed by atoms with E-state index in [4.69, 9.17) is 4.74 Å². The highest BCUT2D eigenvalue weighted by Crippen LogP contribution is 2.18. The van der Waals surface area contributed by atoms with Crippen LogP contribution >= 0.6 is 0 Å². The molecule has 0 aliphatic rings. The number of carbonyl (C=O) groups is 1. The van der Waals surface area contributed by atoms with Gasteiger partial charge in [-0.15, -0.1) is 0 Å². The average molecular weight is 809 g/mol. The van der Waals surface area contributed by atoms with Crippen LogP contribution in [0.4, 0.5) is 0 Å². The summed E-state index contributed by atoms with van der Waals surface area (Å²) in [5.74, 6) is -0.233. The van der Waals surface area contributed by atoms with E-state index in [1.165, 1.54) is 101 Å². The fraction of sp³-hybridized carbons (Fsp3) is 0.596. The maximum atomic E-state index is 11.6. The predicted octanol–water partition coefficient (Wildman–Crippen LogP) is 18.8. The largest absolute Gasteiger partial charge is 0.463 e. The van der Waals surface area contributed by atoms with E-state index < -0.39 is 0 Å². The number of hydrogen-bond acceptors (Lipinski definition) is 2. The minimum Gasteiger partial charge on any atom is -0.463 e. The Balaban J connectivity index is 4.28. The summed E-state index contributed by atoms with van der Waals surface area (Å²) in [7, 11) is 0. The quantitative estimate of drug-likeness (QED) is 0.0384. The van der Waals surface area contributed by atoms with Gasteiger partial charge in [-0.25, -0.2) is 4.79 Å². The minimum atomic E-state index is -0.233. The van der Waals surface area contributed by atoms with Crippen molar-refractivity contribution < 1.29 is 9.53 Å². The maximum Gasteiger partial charge on any atom is 0.330 e. The van der Waals surface area contributed by atoms with Gasteiger partial charge >= 0.3 is 5.97 Å². The zero-order valence-electron chi connectivity index (χ0n) is 41.0. The summed E-state index contributed by atoms with van der Waals surface area (Å²) in [6, 6.07) is 0. The molecule has 2 heteroatoms. The van der Waals surface area contributed by atoms with Gasteiger partial charge in [0.1, 0.15) is 0 Å². The normalized spacial score (nSPS) is 14.7. The SMILES string of the molecule is CCOC(=O)C=C(C)CCC=C(C)CCC=C(C)CCC=C(C)CCC=C(C)CCC=C(C)CCC=C(C)CCC=C(C)CCC=C(C)CCC=C(C)CCC=C(C)C. The molecule has 0 aromatic heterocycles. The Morgan fingerprint density at radius 2 is 0.492 bits per heavy atom. The second kappa shape index (κ2) is 36.5. The van der Waals surface area contributed by atoms with Gasteiger partial charge in [0.2, 0.25) is 0 Å². The van der Waals surface area contributed by atoms with Crippen molar-refractivity contribution in [2.24, 2.45) is 0 Å². The second-order valence-electron chi connectivity index (χ2n) is 17.9. The number of allylic oxidation sites excluding steroid dienone is 21. The smallest absolute Gasteiger partial charge is 0.330 e. The van der Waals surface area contributed by atoms with Gasteiger partial charge in [-0.05, 0) is 218 Å². The zero-order valence-corrected chi connectivity index (χ0v) is 41.0. The summed E-state index contributed by atoms with van der Waals surface area (Å²) >= 11 is 0. The predicted molar refractivity (Wildman–Crippen MR) is 266 cm³/mol. The lowest BCUT2D eigenvalue weighted by Gasteiger charge is -2.04. The van der Waals surface area contributed by atoms with Crippen molar-refractivity contribution in [2.75, 3.05) is 6.61 Å². The van der Waals surface area contributed by atoms with E-state index in [2.05, 4.69) is 137 Å². The molecule has 0 aromatic rings. The van der Waals surface area contributed by atoms with Crippen molar-refractivity contribution in [3.05, 3.63) is 128 Å². The molecule has 0 aromatic carbocycles. The molecule has 0 radical (unpaired) electrons. The van der Waals surface area contributed by atoms with Crippen molar-refractivity contribution in [1.82, 2.24) is 0 Å². The monoisotopic (exact) mass is 809 g/mol. The number of esters is 1. The summed E-state index contributed by atoms with van der Waals surface area (Å²) < 4.78 is 4.99. The van der Waals surface area contributed by atoms with Gasteiger partial charge < -0.3 is 4.74 Å². The Morgan fingerprint density at radius 1 is 0.305 bits per heavy atom. The van der Waals surface area contributed by atoms with E-state index in [-0.39, 0.29) is 5.97 Å². The molecule has 0 saturated carbocycles. The molecule has 0 spiro atoms. The highest BCUT2D eigenvalue weighted by molar-refractivity contribution is 5.82. The van der Waals surface area contributed by atoms with Gasteiger partial charge in [0.15, 0.2) is 0 Å². The topological polar surface area (TPSA) is 26.3 Å². The highest BCUT2D eigenvalue weighted by atomic mass is 16.5. The fourth-order valence-corrected chi connectivity index (χ4v) is 6.88. The van der Waals surface area contributed by atoms with Crippen molar-refractivity contribution in [1.29, 1.82) is 0 Å². The second-order valence-corrected chi connectivity index (χ2v) is 17.9. The molecular weight excluding hydrogens is 717 g/mol. The Labute approximate surface area is 367 Å². The van der Waals surface area contributed by atoms with Crippen molar-refractivity contribution in [3.8, 4) is 0 Å². The molecule has 0 N–H and O–H groups in total. The number of hydrogen-bond donors (Lipinski definition) is 0. The molecule has 0 aliphatic heterocycles. The lowest BCUT2D eigenvalue weighted by atomic mass is 10.0. The van der Waals surface area contributed by atoms with Crippen molar-refractivity contribution in [3.63, 3.8) is 0 Å². The summed E-state index contributed by atoms with van der Waals surface area (Å²) in [6.07, 6.45) is 48.4. The molecule has 332 valence electrons. The summed E-state index contributed by atoms with van der Waals surface area (Å²) in [5.41, 5.74) is 16.0. The molecular formula is C57H92O2. The van der Waals surface area contributed by atoms with Crippen LogP contribution < -0.4 is 0 Å². The van der Waals surface area contributed by atoms with Gasteiger partial charge in [-0.2, -0.15) is 0 Å². The fourth-order valence-electron chi connectivity index (χ4n) is 6.88. The van der Waals surface area contributed by atoms with Crippen LogP contribution in [0.3, 0.4) is 0 Å². The lowest BCUT2D eigenvalue weighted by molar-refractivity contribution is -0.137. The minimum absolute atomic E-state index is 0.233. The van der Waals surface area contributed by atoms with E-state index >= 15 is 0 Å². The molecule has 0 fully saturated rings. The number of carbonyl (C=O) groups excluding carboxylic acids is 1. The van der Waals surface area contributed by atoms with Gasteiger partial charge in [0, 0.05) is 6.08 Å². The molecule has 0 heterocycles. The van der Waals surface area contributed by atoms with E-state index in [1.807, 2.05) is 13.8 Å². The van der Waals surface area contributed by atoms with Crippen LogP contribution in [0.25, 0.3) is 0 Å². The van der Waals surface area contributed by atoms with Crippen LogP contribution in [-0.4, -0.2) is 12.6 Å². The molecule has 0 saturated heterocycles. The van der Waals surface area contributed by atoms with Crippen LogP contribution in [-0.2, 0) is 9.53 Å². The standard InChI is InChI=1S/C57H92O2/c1-14-59-57(58)45-56(13)44-24-43-55(12)42-23-41-54(11)40-22-39-53(10)38-21-37-52(9)36-20-35-51(8)34-19-33-50(7)32-18-31-49(6)30-17-29-48(5)28-16-27-47(4)26-15-25-46(2)3/h25,27,29,31,33,35,37,39,41,43,45H,14-24,26,28,30,32,34,36,38,40,42,44H2,1-13H3. The molecule has 0 unspecified atom stereocenters. The molecule has 0 aliphatic carbocycles. The molecule has 0 rings (SSSR count). The van der Waals surface area contributed by atoms with Crippen LogP contribution in [0.5, 0.6) is 0 Å². The Morgan fingerprint density at radius 3 is 0.678 bits per heavy atom. The third kappa shape index (κ3) is 37.4. The van der Waals surface area contributed by atoms with E-state index in [1.54, 1.807) is 6.08 Å². The summed E-state index contributed by atoms with van der Waals surface area (Å²) in [5, 5.41) is 0. The van der Waals surface area contributed by atoms with Crippen LogP contribution in [0.2, 0.25) is 0 Å². The van der Waals surface area contributed by atoms with Crippen LogP contribution in [0.1, 0.15) is 218 Å². The maximum absolute atomic E-state index is 11.6. The molecule has 59 heavy (non-hydrogen) atoms. The average Bonchev–Trinajstić information content (AvgIpc) is 3.14. The van der Waals surface area contributed by atoms with E-state index in [0.717, 1.165) is 89.0 Å². The highest BCUT2D eigenvalue weighted by Gasteiger charge is 2.00. The summed E-state index contributed by atoms with van der Waals surface area (Å²) in [6.45, 7) is 29.2. The van der Waals surface area contributed by atoms with E-state index in [0.29, 0.717) is 6.61 Å². The summed E-state index contributed by atoms with van der Waals surface area (Å²) in [4.78, 5) is 11.6. The molecule has 0 atom stereocenters. The lowest BCUT2D eigenvalue weighted by Crippen LogP contribution is -2.00.